The molecule has 0 aromatic carbocycles. The standard InChI is InChI=1S/C14H27N/c1-11(12-6-4-5-7-12)15-13-8-9-14(2,3)10-13/h11-13,15H,4-10H2,1-3H3. The second-order valence-electron chi connectivity index (χ2n) is 6.60. The monoisotopic (exact) mass is 209 g/mol. The quantitative estimate of drug-likeness (QED) is 0.747. The van der Waals surface area contributed by atoms with Gasteiger partial charge < -0.3 is 5.32 Å². The molecular formula is C14H27N. The van der Waals surface area contributed by atoms with Crippen molar-refractivity contribution in [3.8, 4) is 0 Å². The van der Waals surface area contributed by atoms with Crippen LogP contribution in [0.15, 0.2) is 0 Å². The second kappa shape index (κ2) is 4.45. The summed E-state index contributed by atoms with van der Waals surface area (Å²) in [5.74, 6) is 0.966. The van der Waals surface area contributed by atoms with Gasteiger partial charge in [0.15, 0.2) is 0 Å². The first-order valence-corrected chi connectivity index (χ1v) is 6.83. The average molecular weight is 209 g/mol. The fourth-order valence-corrected chi connectivity index (χ4v) is 3.54. The van der Waals surface area contributed by atoms with Crippen LogP contribution >= 0.6 is 0 Å². The molecule has 15 heavy (non-hydrogen) atoms. The predicted octanol–water partition coefficient (Wildman–Crippen LogP) is 3.73. The Bertz CT molecular complexity index is 203. The first kappa shape index (κ1) is 11.4. The van der Waals surface area contributed by atoms with Crippen LogP contribution < -0.4 is 5.32 Å². The highest BCUT2D eigenvalue weighted by Crippen LogP contribution is 2.38. The summed E-state index contributed by atoms with van der Waals surface area (Å²) in [5, 5.41) is 3.88. The average Bonchev–Trinajstić information content (AvgIpc) is 2.74. The Labute approximate surface area is 95.0 Å². The van der Waals surface area contributed by atoms with Gasteiger partial charge in [-0.1, -0.05) is 26.7 Å². The SMILES string of the molecule is CC(NC1CCC(C)(C)C1)C1CCCC1. The van der Waals surface area contributed by atoms with Gasteiger partial charge in [-0.05, 0) is 50.4 Å². The molecule has 2 fully saturated rings. The third kappa shape index (κ3) is 2.96. The summed E-state index contributed by atoms with van der Waals surface area (Å²) in [4.78, 5) is 0. The van der Waals surface area contributed by atoms with Crippen LogP contribution in [0.1, 0.15) is 65.7 Å². The molecule has 2 aliphatic carbocycles. The van der Waals surface area contributed by atoms with Crippen molar-refractivity contribution in [1.29, 1.82) is 0 Å². The van der Waals surface area contributed by atoms with Gasteiger partial charge in [-0.25, -0.2) is 0 Å². The van der Waals surface area contributed by atoms with Crippen molar-refractivity contribution in [2.75, 3.05) is 0 Å². The molecule has 0 aromatic rings. The summed E-state index contributed by atoms with van der Waals surface area (Å²) in [6.07, 6.45) is 10.0. The molecule has 0 amide bonds. The molecule has 0 radical (unpaired) electrons. The summed E-state index contributed by atoms with van der Waals surface area (Å²) in [6, 6.07) is 1.56. The van der Waals surface area contributed by atoms with Gasteiger partial charge in [-0.15, -0.1) is 0 Å². The molecule has 2 unspecified atom stereocenters. The Morgan fingerprint density at radius 3 is 2.33 bits per heavy atom. The summed E-state index contributed by atoms with van der Waals surface area (Å²) >= 11 is 0. The summed E-state index contributed by atoms with van der Waals surface area (Å²) < 4.78 is 0. The largest absolute Gasteiger partial charge is 0.311 e. The molecule has 88 valence electrons. The minimum absolute atomic E-state index is 0.590. The molecule has 1 nitrogen and oxygen atoms in total. The van der Waals surface area contributed by atoms with Gasteiger partial charge >= 0.3 is 0 Å². The number of rotatable bonds is 3. The highest BCUT2D eigenvalue weighted by molar-refractivity contribution is 4.89. The first-order chi connectivity index (χ1) is 7.07. The van der Waals surface area contributed by atoms with Crippen molar-refractivity contribution in [3.63, 3.8) is 0 Å². The van der Waals surface area contributed by atoms with Crippen LogP contribution in [-0.2, 0) is 0 Å². The van der Waals surface area contributed by atoms with Gasteiger partial charge in [-0.2, -0.15) is 0 Å². The van der Waals surface area contributed by atoms with Crippen molar-refractivity contribution < 1.29 is 0 Å². The van der Waals surface area contributed by atoms with Crippen molar-refractivity contribution in [2.24, 2.45) is 11.3 Å². The topological polar surface area (TPSA) is 12.0 Å². The summed E-state index contributed by atoms with van der Waals surface area (Å²) in [7, 11) is 0. The van der Waals surface area contributed by atoms with Crippen LogP contribution in [-0.4, -0.2) is 12.1 Å². The molecule has 0 aliphatic heterocycles. The van der Waals surface area contributed by atoms with Gasteiger partial charge in [0.25, 0.3) is 0 Å². The van der Waals surface area contributed by atoms with E-state index in [1.807, 2.05) is 0 Å². The zero-order valence-electron chi connectivity index (χ0n) is 10.7. The van der Waals surface area contributed by atoms with Crippen LogP contribution in [0.25, 0.3) is 0 Å². The molecule has 0 heterocycles. The number of nitrogens with one attached hydrogen (secondary N) is 1. The Kier molecular flexibility index (Phi) is 3.39. The van der Waals surface area contributed by atoms with E-state index < -0.39 is 0 Å². The first-order valence-electron chi connectivity index (χ1n) is 6.83. The molecule has 0 bridgehead atoms. The number of hydrogen-bond acceptors (Lipinski definition) is 1. The maximum absolute atomic E-state index is 3.88. The molecule has 2 aliphatic rings. The Morgan fingerprint density at radius 1 is 1.13 bits per heavy atom. The highest BCUT2D eigenvalue weighted by atomic mass is 15.0. The smallest absolute Gasteiger partial charge is 0.00749 e. The molecule has 0 aromatic heterocycles. The zero-order valence-corrected chi connectivity index (χ0v) is 10.7. The predicted molar refractivity (Wildman–Crippen MR) is 66.0 cm³/mol. The van der Waals surface area contributed by atoms with Crippen molar-refractivity contribution in [1.82, 2.24) is 5.32 Å². The van der Waals surface area contributed by atoms with Gasteiger partial charge in [0.05, 0.1) is 0 Å². The van der Waals surface area contributed by atoms with E-state index in [1.54, 1.807) is 0 Å². The van der Waals surface area contributed by atoms with Crippen molar-refractivity contribution >= 4 is 0 Å². The van der Waals surface area contributed by atoms with E-state index in [0.29, 0.717) is 5.41 Å². The lowest BCUT2D eigenvalue weighted by molar-refractivity contribution is 0.317. The van der Waals surface area contributed by atoms with E-state index in [1.165, 1.54) is 44.9 Å². The Balaban J connectivity index is 1.77. The molecule has 0 spiro atoms. The molecular weight excluding hydrogens is 182 g/mol. The van der Waals surface area contributed by atoms with Crippen LogP contribution in [0.3, 0.4) is 0 Å². The van der Waals surface area contributed by atoms with Gasteiger partial charge in [-0.3, -0.25) is 0 Å². The van der Waals surface area contributed by atoms with Crippen molar-refractivity contribution in [3.05, 3.63) is 0 Å². The molecule has 0 saturated heterocycles. The normalized spacial score (nSPS) is 33.4. The molecule has 2 rings (SSSR count). The van der Waals surface area contributed by atoms with Crippen LogP contribution in [0.4, 0.5) is 0 Å². The highest BCUT2D eigenvalue weighted by Gasteiger charge is 2.32. The minimum atomic E-state index is 0.590. The lowest BCUT2D eigenvalue weighted by atomic mass is 9.91. The van der Waals surface area contributed by atoms with Crippen LogP contribution in [0.5, 0.6) is 0 Å². The Morgan fingerprint density at radius 2 is 1.80 bits per heavy atom. The zero-order chi connectivity index (χ0) is 10.9. The van der Waals surface area contributed by atoms with Crippen LogP contribution in [0.2, 0.25) is 0 Å². The fourth-order valence-electron chi connectivity index (χ4n) is 3.54. The maximum atomic E-state index is 3.88. The Hall–Kier alpha value is -0.0400. The molecule has 1 N–H and O–H groups in total. The van der Waals surface area contributed by atoms with E-state index in [9.17, 15) is 0 Å². The van der Waals surface area contributed by atoms with Gasteiger partial charge in [0.1, 0.15) is 0 Å². The van der Waals surface area contributed by atoms with E-state index in [2.05, 4.69) is 26.1 Å². The molecule has 2 saturated carbocycles. The lowest BCUT2D eigenvalue weighted by Crippen LogP contribution is -2.39. The van der Waals surface area contributed by atoms with Crippen molar-refractivity contribution in [2.45, 2.75) is 77.8 Å². The third-order valence-corrected chi connectivity index (χ3v) is 4.57. The molecule has 2 atom stereocenters. The lowest BCUT2D eigenvalue weighted by Gasteiger charge is -2.25. The summed E-state index contributed by atoms with van der Waals surface area (Å²) in [6.45, 7) is 7.23. The van der Waals surface area contributed by atoms with E-state index in [0.717, 1.165) is 18.0 Å². The van der Waals surface area contributed by atoms with E-state index >= 15 is 0 Å². The maximum Gasteiger partial charge on any atom is 0.00749 e. The summed E-state index contributed by atoms with van der Waals surface area (Å²) in [5.41, 5.74) is 0.590. The third-order valence-electron chi connectivity index (χ3n) is 4.57. The fraction of sp³-hybridized carbons (Fsp3) is 1.00. The minimum Gasteiger partial charge on any atom is -0.311 e. The van der Waals surface area contributed by atoms with Crippen LogP contribution in [0, 0.1) is 11.3 Å². The van der Waals surface area contributed by atoms with E-state index in [-0.39, 0.29) is 0 Å². The molecule has 1 heteroatoms. The van der Waals surface area contributed by atoms with Gasteiger partial charge in [0, 0.05) is 12.1 Å². The van der Waals surface area contributed by atoms with Gasteiger partial charge in [0.2, 0.25) is 0 Å². The number of hydrogen-bond donors (Lipinski definition) is 1. The van der Waals surface area contributed by atoms with E-state index in [4.69, 9.17) is 0 Å². The second-order valence-corrected chi connectivity index (χ2v) is 6.60.